The maximum atomic E-state index is 14.1. The summed E-state index contributed by atoms with van der Waals surface area (Å²) >= 11 is 5.65. The summed E-state index contributed by atoms with van der Waals surface area (Å²) in [5.74, 6) is -2.20. The van der Waals surface area contributed by atoms with Gasteiger partial charge >= 0.3 is 0 Å². The Balaban J connectivity index is 2.13. The van der Waals surface area contributed by atoms with E-state index in [1.807, 2.05) is 0 Å². The van der Waals surface area contributed by atoms with E-state index < -0.39 is 23.5 Å². The Labute approximate surface area is 119 Å². The van der Waals surface area contributed by atoms with E-state index in [2.05, 4.69) is 5.32 Å². The number of imide groups is 1. The molecule has 6 heteroatoms. The van der Waals surface area contributed by atoms with Crippen LogP contribution >= 0.6 is 11.6 Å². The number of nitrogens with one attached hydrogen (secondary N) is 1. The van der Waals surface area contributed by atoms with E-state index in [0.717, 1.165) is 6.07 Å². The second-order valence-corrected chi connectivity index (χ2v) is 5.35. The van der Waals surface area contributed by atoms with Gasteiger partial charge in [-0.1, -0.05) is 11.6 Å². The molecule has 1 aromatic carbocycles. The first-order chi connectivity index (χ1) is 9.49. The Kier molecular flexibility index (Phi) is 3.01. The normalized spacial score (nSPS) is 22.0. The standard InChI is InChI=1S/C14H11ClFNO3/c15-9-5-10(16)8(4-11(9)18)6-2-1-3-7-12(6)14(20)17-13(7)19/h4-6,18H,1-3H2,(H,17,19,20). The first kappa shape index (κ1) is 13.1. The summed E-state index contributed by atoms with van der Waals surface area (Å²) in [5.41, 5.74) is 0.950. The van der Waals surface area contributed by atoms with Crippen LogP contribution in [0.5, 0.6) is 5.75 Å². The lowest BCUT2D eigenvalue weighted by Gasteiger charge is -2.23. The molecule has 0 saturated carbocycles. The highest BCUT2D eigenvalue weighted by Gasteiger charge is 2.39. The number of hydrogen-bond donors (Lipinski definition) is 2. The number of carbonyl (C=O) groups is 2. The molecule has 2 amide bonds. The number of rotatable bonds is 1. The van der Waals surface area contributed by atoms with Crippen molar-refractivity contribution in [2.75, 3.05) is 0 Å². The number of halogens is 2. The first-order valence-corrected chi connectivity index (χ1v) is 6.63. The lowest BCUT2D eigenvalue weighted by atomic mass is 9.79. The van der Waals surface area contributed by atoms with Crippen molar-refractivity contribution in [3.8, 4) is 5.75 Å². The number of hydrogen-bond acceptors (Lipinski definition) is 3. The van der Waals surface area contributed by atoms with E-state index in [1.165, 1.54) is 6.07 Å². The van der Waals surface area contributed by atoms with Crippen molar-refractivity contribution in [3.63, 3.8) is 0 Å². The molecule has 0 aromatic heterocycles. The third-order valence-electron chi connectivity index (χ3n) is 3.78. The minimum Gasteiger partial charge on any atom is -0.506 e. The van der Waals surface area contributed by atoms with Crippen molar-refractivity contribution in [2.45, 2.75) is 25.2 Å². The van der Waals surface area contributed by atoms with Gasteiger partial charge in [0.2, 0.25) is 0 Å². The van der Waals surface area contributed by atoms with Crippen LogP contribution in [0.2, 0.25) is 5.02 Å². The van der Waals surface area contributed by atoms with Crippen molar-refractivity contribution in [2.24, 2.45) is 0 Å². The SMILES string of the molecule is O=C1NC(=O)C2=C1CCCC2c1cc(O)c(Cl)cc1F. The van der Waals surface area contributed by atoms with Crippen LogP contribution in [0.4, 0.5) is 4.39 Å². The smallest absolute Gasteiger partial charge is 0.255 e. The molecule has 1 aliphatic carbocycles. The van der Waals surface area contributed by atoms with E-state index in [1.54, 1.807) is 0 Å². The molecule has 104 valence electrons. The van der Waals surface area contributed by atoms with E-state index in [4.69, 9.17) is 11.6 Å². The number of phenols is 1. The van der Waals surface area contributed by atoms with Crippen LogP contribution in [-0.2, 0) is 9.59 Å². The molecular formula is C14H11ClFNO3. The quantitative estimate of drug-likeness (QED) is 0.782. The molecular weight excluding hydrogens is 285 g/mol. The number of benzene rings is 1. The second kappa shape index (κ2) is 4.59. The minimum absolute atomic E-state index is 0.0804. The molecule has 1 unspecified atom stereocenters. The number of carbonyl (C=O) groups excluding carboxylic acids is 2. The van der Waals surface area contributed by atoms with Crippen LogP contribution in [0.25, 0.3) is 0 Å². The van der Waals surface area contributed by atoms with Gasteiger partial charge < -0.3 is 5.11 Å². The maximum Gasteiger partial charge on any atom is 0.255 e. The van der Waals surface area contributed by atoms with Gasteiger partial charge in [0.05, 0.1) is 5.02 Å². The molecule has 1 atom stereocenters. The fraction of sp³-hybridized carbons (Fsp3) is 0.286. The molecule has 0 bridgehead atoms. The van der Waals surface area contributed by atoms with Crippen LogP contribution in [0.3, 0.4) is 0 Å². The predicted molar refractivity (Wildman–Crippen MR) is 69.8 cm³/mol. The number of amides is 2. The van der Waals surface area contributed by atoms with Crippen molar-refractivity contribution in [1.82, 2.24) is 5.32 Å². The fourth-order valence-corrected chi connectivity index (χ4v) is 3.03. The third-order valence-corrected chi connectivity index (χ3v) is 4.08. The van der Waals surface area contributed by atoms with Gasteiger partial charge in [-0.25, -0.2) is 4.39 Å². The van der Waals surface area contributed by atoms with Gasteiger partial charge in [0.1, 0.15) is 11.6 Å². The highest BCUT2D eigenvalue weighted by molar-refractivity contribution is 6.32. The largest absolute Gasteiger partial charge is 0.506 e. The lowest BCUT2D eigenvalue weighted by molar-refractivity contribution is -0.124. The first-order valence-electron chi connectivity index (χ1n) is 6.25. The number of aromatic hydroxyl groups is 1. The summed E-state index contributed by atoms with van der Waals surface area (Å²) < 4.78 is 14.1. The molecule has 2 aliphatic rings. The Morgan fingerprint density at radius 1 is 1.30 bits per heavy atom. The summed E-state index contributed by atoms with van der Waals surface area (Å²) in [6.07, 6.45) is 1.76. The van der Waals surface area contributed by atoms with Gasteiger partial charge in [-0.3, -0.25) is 14.9 Å². The molecule has 0 radical (unpaired) electrons. The van der Waals surface area contributed by atoms with Gasteiger partial charge in [0.15, 0.2) is 0 Å². The highest BCUT2D eigenvalue weighted by atomic mass is 35.5. The molecule has 1 heterocycles. The zero-order chi connectivity index (χ0) is 14.4. The van der Waals surface area contributed by atoms with Crippen LogP contribution in [-0.4, -0.2) is 16.9 Å². The van der Waals surface area contributed by atoms with Crippen LogP contribution < -0.4 is 5.32 Å². The van der Waals surface area contributed by atoms with E-state index in [0.29, 0.717) is 30.4 Å². The Morgan fingerprint density at radius 2 is 2.05 bits per heavy atom. The summed E-state index contributed by atoms with van der Waals surface area (Å²) in [7, 11) is 0. The van der Waals surface area contributed by atoms with Gasteiger partial charge in [0, 0.05) is 17.1 Å². The second-order valence-electron chi connectivity index (χ2n) is 4.95. The van der Waals surface area contributed by atoms with Crippen molar-refractivity contribution < 1.29 is 19.1 Å². The fourth-order valence-electron chi connectivity index (χ4n) is 2.88. The molecule has 1 aliphatic heterocycles. The van der Waals surface area contributed by atoms with Crippen LogP contribution in [0.1, 0.15) is 30.7 Å². The Hall–Kier alpha value is -1.88. The van der Waals surface area contributed by atoms with Gasteiger partial charge in [-0.2, -0.15) is 0 Å². The topological polar surface area (TPSA) is 66.4 Å². The monoisotopic (exact) mass is 295 g/mol. The summed E-state index contributed by atoms with van der Waals surface area (Å²) in [5, 5.41) is 11.8. The summed E-state index contributed by atoms with van der Waals surface area (Å²) in [4.78, 5) is 23.5. The van der Waals surface area contributed by atoms with Gasteiger partial charge in [-0.05, 0) is 37.0 Å². The molecule has 0 fully saturated rings. The summed E-state index contributed by atoms with van der Waals surface area (Å²) in [6.45, 7) is 0. The lowest BCUT2D eigenvalue weighted by Crippen LogP contribution is -2.24. The van der Waals surface area contributed by atoms with Crippen molar-refractivity contribution in [1.29, 1.82) is 0 Å². The van der Waals surface area contributed by atoms with Crippen molar-refractivity contribution in [3.05, 3.63) is 39.7 Å². The molecule has 1 aromatic rings. The average Bonchev–Trinajstić information content (AvgIpc) is 2.70. The Bertz CT molecular complexity index is 669. The van der Waals surface area contributed by atoms with E-state index >= 15 is 0 Å². The molecule has 20 heavy (non-hydrogen) atoms. The molecule has 4 nitrogen and oxygen atoms in total. The zero-order valence-corrected chi connectivity index (χ0v) is 11.1. The highest BCUT2D eigenvalue weighted by Crippen LogP contribution is 2.42. The molecule has 0 saturated heterocycles. The zero-order valence-electron chi connectivity index (χ0n) is 10.4. The molecule has 2 N–H and O–H groups in total. The number of phenolic OH excluding ortho intramolecular Hbond substituents is 1. The van der Waals surface area contributed by atoms with Crippen LogP contribution in [0.15, 0.2) is 23.3 Å². The maximum absolute atomic E-state index is 14.1. The third kappa shape index (κ3) is 1.89. The van der Waals surface area contributed by atoms with Gasteiger partial charge in [0.25, 0.3) is 11.8 Å². The van der Waals surface area contributed by atoms with E-state index in [-0.39, 0.29) is 16.3 Å². The van der Waals surface area contributed by atoms with Crippen LogP contribution in [0, 0.1) is 5.82 Å². The minimum atomic E-state index is -0.585. The molecule has 0 spiro atoms. The van der Waals surface area contributed by atoms with Crippen molar-refractivity contribution >= 4 is 23.4 Å². The average molecular weight is 296 g/mol. The Morgan fingerprint density at radius 3 is 2.80 bits per heavy atom. The predicted octanol–water partition coefficient (Wildman–Crippen LogP) is 2.41. The summed E-state index contributed by atoms with van der Waals surface area (Å²) in [6, 6.07) is 2.25. The van der Waals surface area contributed by atoms with E-state index in [9.17, 15) is 19.1 Å². The van der Waals surface area contributed by atoms with Gasteiger partial charge in [-0.15, -0.1) is 0 Å². The molecule has 3 rings (SSSR count).